The summed E-state index contributed by atoms with van der Waals surface area (Å²) in [5.41, 5.74) is 11.5. The van der Waals surface area contributed by atoms with Gasteiger partial charge in [-0.05, 0) is 179 Å². The minimum Gasteiger partial charge on any atom is -0.456 e. The third-order valence-electron chi connectivity index (χ3n) is 14.5. The Kier molecular flexibility index (Phi) is 7.01. The van der Waals surface area contributed by atoms with Gasteiger partial charge in [0, 0.05) is 10.8 Å². The maximum absolute atomic E-state index is 6.25. The van der Waals surface area contributed by atoms with Crippen molar-refractivity contribution in [3.8, 4) is 44.5 Å². The summed E-state index contributed by atoms with van der Waals surface area (Å²) in [6.07, 6.45) is 0. The van der Waals surface area contributed by atoms with Crippen molar-refractivity contribution in [1.29, 1.82) is 0 Å². The Balaban J connectivity index is 1.00. The molecule has 1 aromatic heterocycles. The number of para-hydroxylation sites is 1. The van der Waals surface area contributed by atoms with Gasteiger partial charge in [-0.2, -0.15) is 0 Å². The second-order valence-electron chi connectivity index (χ2n) is 18.0. The minimum absolute atomic E-state index is 0.908. The van der Waals surface area contributed by atoms with Crippen LogP contribution < -0.4 is 0 Å². The average Bonchev–Trinajstić information content (AvgIpc) is 3.74. The number of rotatable bonds is 4. The molecule has 0 radical (unpaired) electrons. The Bertz CT molecular complexity index is 4440. The van der Waals surface area contributed by atoms with Crippen LogP contribution in [0.4, 0.5) is 0 Å². The van der Waals surface area contributed by atoms with Crippen molar-refractivity contribution >= 4 is 108 Å². The standard InChI is InChI=1S/C64H36O/c1-2-12-49-45(7-1)32-46(35-56(49)51-26-19-41-17-15-37-8-5-10-39-21-28-54(51)63(41)61(37)39)47-33-48-31-43(44-24-30-60-58(34-44)53-13-3-4-14-59(53)65-60)23-25-50(48)57(36-47)52-27-20-42-18-16-38-9-6-11-40-22-29-55(52)64(42)62(38)40/h1-36H. The van der Waals surface area contributed by atoms with E-state index in [9.17, 15) is 0 Å². The van der Waals surface area contributed by atoms with Gasteiger partial charge in [0.1, 0.15) is 11.2 Å². The highest BCUT2D eigenvalue weighted by molar-refractivity contribution is 6.28. The molecule has 65 heavy (non-hydrogen) atoms. The molecule has 0 amide bonds. The summed E-state index contributed by atoms with van der Waals surface area (Å²) in [6.45, 7) is 0. The van der Waals surface area contributed by atoms with Gasteiger partial charge < -0.3 is 4.42 Å². The molecule has 0 spiro atoms. The predicted molar refractivity (Wildman–Crippen MR) is 278 cm³/mol. The quantitative estimate of drug-likeness (QED) is 0.161. The first-order valence-corrected chi connectivity index (χ1v) is 22.6. The summed E-state index contributed by atoms with van der Waals surface area (Å²) in [7, 11) is 0. The second-order valence-corrected chi connectivity index (χ2v) is 18.0. The number of fused-ring (bicyclic) bond motifs is 5. The summed E-state index contributed by atoms with van der Waals surface area (Å²) in [5, 5.41) is 22.8. The van der Waals surface area contributed by atoms with E-state index in [0.29, 0.717) is 0 Å². The minimum atomic E-state index is 0.908. The van der Waals surface area contributed by atoms with E-state index in [1.165, 1.54) is 131 Å². The lowest BCUT2D eigenvalue weighted by molar-refractivity contribution is 0.669. The molecule has 0 aliphatic heterocycles. The van der Waals surface area contributed by atoms with E-state index in [1.807, 2.05) is 6.07 Å². The van der Waals surface area contributed by atoms with Gasteiger partial charge in [-0.3, -0.25) is 0 Å². The normalized spacial score (nSPS) is 12.3. The van der Waals surface area contributed by atoms with Crippen molar-refractivity contribution in [3.05, 3.63) is 218 Å². The van der Waals surface area contributed by atoms with E-state index in [4.69, 9.17) is 4.42 Å². The molecule has 1 heteroatoms. The smallest absolute Gasteiger partial charge is 0.135 e. The molecule has 14 aromatic carbocycles. The molecule has 0 saturated carbocycles. The average molecular weight is 821 g/mol. The zero-order valence-electron chi connectivity index (χ0n) is 35.2. The Hall–Kier alpha value is -8.52. The van der Waals surface area contributed by atoms with Crippen LogP contribution in [0, 0.1) is 0 Å². The van der Waals surface area contributed by atoms with Crippen LogP contribution >= 0.6 is 0 Å². The highest BCUT2D eigenvalue weighted by Crippen LogP contribution is 2.46. The molecule has 0 aliphatic rings. The number of benzene rings is 14. The van der Waals surface area contributed by atoms with E-state index in [-0.39, 0.29) is 0 Å². The molecular weight excluding hydrogens is 785 g/mol. The van der Waals surface area contributed by atoms with Crippen LogP contribution in [0.5, 0.6) is 0 Å². The van der Waals surface area contributed by atoms with Gasteiger partial charge in [0.15, 0.2) is 0 Å². The van der Waals surface area contributed by atoms with Gasteiger partial charge >= 0.3 is 0 Å². The zero-order chi connectivity index (χ0) is 42.3. The van der Waals surface area contributed by atoms with Crippen LogP contribution in [0.1, 0.15) is 0 Å². The van der Waals surface area contributed by atoms with Crippen molar-refractivity contribution in [1.82, 2.24) is 0 Å². The Morgan fingerprint density at radius 2 is 0.631 bits per heavy atom. The molecule has 0 atom stereocenters. The van der Waals surface area contributed by atoms with Crippen molar-refractivity contribution in [2.45, 2.75) is 0 Å². The van der Waals surface area contributed by atoms with Crippen molar-refractivity contribution < 1.29 is 4.42 Å². The predicted octanol–water partition coefficient (Wildman–Crippen LogP) is 18.4. The lowest BCUT2D eigenvalue weighted by Gasteiger charge is -2.19. The van der Waals surface area contributed by atoms with E-state index >= 15 is 0 Å². The topological polar surface area (TPSA) is 13.1 Å². The first-order chi connectivity index (χ1) is 32.2. The van der Waals surface area contributed by atoms with Gasteiger partial charge in [-0.25, -0.2) is 0 Å². The fraction of sp³-hybridized carbons (Fsp3) is 0. The highest BCUT2D eigenvalue weighted by atomic mass is 16.3. The van der Waals surface area contributed by atoms with Crippen LogP contribution in [-0.2, 0) is 0 Å². The van der Waals surface area contributed by atoms with Crippen LogP contribution in [0.25, 0.3) is 153 Å². The van der Waals surface area contributed by atoms with E-state index < -0.39 is 0 Å². The molecule has 0 unspecified atom stereocenters. The lowest BCUT2D eigenvalue weighted by atomic mass is 9.85. The molecule has 15 rings (SSSR count). The fourth-order valence-electron chi connectivity index (χ4n) is 11.5. The summed E-state index contributed by atoms with van der Waals surface area (Å²) in [4.78, 5) is 0. The zero-order valence-corrected chi connectivity index (χ0v) is 35.2. The van der Waals surface area contributed by atoms with E-state index in [2.05, 4.69) is 212 Å². The fourth-order valence-corrected chi connectivity index (χ4v) is 11.5. The molecule has 298 valence electrons. The molecule has 0 bridgehead atoms. The molecule has 0 saturated heterocycles. The molecular formula is C64H36O. The Morgan fingerprint density at radius 3 is 1.28 bits per heavy atom. The molecule has 0 aliphatic carbocycles. The van der Waals surface area contributed by atoms with Crippen molar-refractivity contribution in [2.75, 3.05) is 0 Å². The summed E-state index contributed by atoms with van der Waals surface area (Å²) in [5.74, 6) is 0. The van der Waals surface area contributed by atoms with Gasteiger partial charge in [-0.15, -0.1) is 0 Å². The number of furan rings is 1. The molecule has 15 aromatic rings. The van der Waals surface area contributed by atoms with E-state index in [1.54, 1.807) is 0 Å². The highest BCUT2D eigenvalue weighted by Gasteiger charge is 2.19. The van der Waals surface area contributed by atoms with Crippen molar-refractivity contribution in [3.63, 3.8) is 0 Å². The third-order valence-corrected chi connectivity index (χ3v) is 14.5. The Morgan fingerprint density at radius 1 is 0.200 bits per heavy atom. The first kappa shape index (κ1) is 35.0. The lowest BCUT2D eigenvalue weighted by Crippen LogP contribution is -1.92. The van der Waals surface area contributed by atoms with Gasteiger partial charge in [0.25, 0.3) is 0 Å². The van der Waals surface area contributed by atoms with Crippen molar-refractivity contribution in [2.24, 2.45) is 0 Å². The number of hydrogen-bond donors (Lipinski definition) is 0. The molecule has 0 fully saturated rings. The Labute approximate surface area is 373 Å². The summed E-state index contributed by atoms with van der Waals surface area (Å²) in [6, 6.07) is 81.6. The van der Waals surface area contributed by atoms with Crippen LogP contribution in [-0.4, -0.2) is 0 Å². The molecule has 0 N–H and O–H groups in total. The van der Waals surface area contributed by atoms with Gasteiger partial charge in [-0.1, -0.05) is 170 Å². The van der Waals surface area contributed by atoms with E-state index in [0.717, 1.165) is 21.9 Å². The summed E-state index contributed by atoms with van der Waals surface area (Å²) < 4.78 is 6.25. The van der Waals surface area contributed by atoms with Crippen LogP contribution in [0.3, 0.4) is 0 Å². The molecule has 1 nitrogen and oxygen atoms in total. The van der Waals surface area contributed by atoms with Gasteiger partial charge in [0.2, 0.25) is 0 Å². The van der Waals surface area contributed by atoms with Crippen LogP contribution in [0.2, 0.25) is 0 Å². The van der Waals surface area contributed by atoms with Crippen LogP contribution in [0.15, 0.2) is 223 Å². The maximum atomic E-state index is 6.25. The maximum Gasteiger partial charge on any atom is 0.135 e. The molecule has 1 heterocycles. The SMILES string of the molecule is c1ccc2c(-c3ccc4ccc5cccc6ccc3c4c56)cc(-c3cc(-c4ccc5ccc6cccc7ccc4c5c67)c4ccc(-c5ccc6oc7ccccc7c6c5)cc4c3)cc2c1. The third kappa shape index (κ3) is 5.04. The number of hydrogen-bond acceptors (Lipinski definition) is 1. The second kappa shape index (κ2) is 13.0. The monoisotopic (exact) mass is 820 g/mol. The van der Waals surface area contributed by atoms with Gasteiger partial charge in [0.05, 0.1) is 0 Å². The largest absolute Gasteiger partial charge is 0.456 e. The summed E-state index contributed by atoms with van der Waals surface area (Å²) >= 11 is 0. The first-order valence-electron chi connectivity index (χ1n) is 22.6.